The van der Waals surface area contributed by atoms with E-state index in [1.54, 1.807) is 0 Å². The zero-order chi connectivity index (χ0) is 13.5. The largest absolute Gasteiger partial charge is 0.382 e. The third-order valence-electron chi connectivity index (χ3n) is 5.25. The second kappa shape index (κ2) is 4.78. The zero-order valence-corrected chi connectivity index (χ0v) is 12.0. The number of hydrogen-bond donors (Lipinski definition) is 1. The summed E-state index contributed by atoms with van der Waals surface area (Å²) in [4.78, 5) is 2.60. The quantitative estimate of drug-likeness (QED) is 0.887. The number of hydrogen-bond acceptors (Lipinski definition) is 2. The van der Waals surface area contributed by atoms with Crippen LogP contribution in [-0.4, -0.2) is 30.1 Å². The molecule has 1 N–H and O–H groups in total. The lowest BCUT2D eigenvalue weighted by Crippen LogP contribution is -2.44. The van der Waals surface area contributed by atoms with Gasteiger partial charge in [-0.3, -0.25) is 0 Å². The van der Waals surface area contributed by atoms with Crippen LogP contribution >= 0.6 is 0 Å². The molecule has 2 heterocycles. The third kappa shape index (κ3) is 1.99. The molecule has 0 saturated carbocycles. The monoisotopic (exact) mass is 266 g/mol. The van der Waals surface area contributed by atoms with E-state index in [2.05, 4.69) is 59.7 Å². The first-order valence-corrected chi connectivity index (χ1v) is 7.77. The molecule has 2 unspecified atom stereocenters. The topological polar surface area (TPSA) is 15.3 Å². The fourth-order valence-corrected chi connectivity index (χ4v) is 4.10. The molecule has 0 amide bonds. The van der Waals surface area contributed by atoms with E-state index < -0.39 is 0 Å². The predicted molar refractivity (Wildman–Crippen MR) is 85.2 cm³/mol. The second-order valence-corrected chi connectivity index (χ2v) is 6.39. The molecule has 104 valence electrons. The molecule has 2 heteroatoms. The molecule has 2 atom stereocenters. The molecule has 2 aromatic carbocycles. The summed E-state index contributed by atoms with van der Waals surface area (Å²) >= 11 is 0. The zero-order valence-electron chi connectivity index (χ0n) is 12.0. The van der Waals surface area contributed by atoms with Crippen molar-refractivity contribution < 1.29 is 0 Å². The molecule has 2 aromatic rings. The summed E-state index contributed by atoms with van der Waals surface area (Å²) in [5.74, 6) is 0. The van der Waals surface area contributed by atoms with E-state index in [0.717, 1.165) is 12.1 Å². The van der Waals surface area contributed by atoms with Crippen LogP contribution in [0, 0.1) is 0 Å². The molecular formula is C18H22N2. The Morgan fingerprint density at radius 3 is 2.45 bits per heavy atom. The first-order valence-electron chi connectivity index (χ1n) is 7.77. The lowest BCUT2D eigenvalue weighted by Gasteiger charge is -2.37. The molecule has 2 fully saturated rings. The summed E-state index contributed by atoms with van der Waals surface area (Å²) in [7, 11) is 2.30. The number of nitrogens with zero attached hydrogens (tertiary/aromatic N) is 1. The average Bonchev–Trinajstić information content (AvgIpc) is 2.70. The number of nitrogens with one attached hydrogen (secondary N) is 1. The van der Waals surface area contributed by atoms with Crippen molar-refractivity contribution >= 4 is 16.5 Å². The minimum atomic E-state index is 0.634. The maximum atomic E-state index is 3.82. The van der Waals surface area contributed by atoms with Gasteiger partial charge in [-0.05, 0) is 44.2 Å². The van der Waals surface area contributed by atoms with Crippen molar-refractivity contribution in [3.8, 4) is 0 Å². The van der Waals surface area contributed by atoms with Crippen molar-refractivity contribution in [2.45, 2.75) is 43.8 Å². The van der Waals surface area contributed by atoms with Gasteiger partial charge < -0.3 is 10.2 Å². The number of anilines is 1. The van der Waals surface area contributed by atoms with E-state index >= 15 is 0 Å². The minimum Gasteiger partial charge on any atom is -0.382 e. The number of piperidine rings is 1. The van der Waals surface area contributed by atoms with E-state index in [1.807, 2.05) is 0 Å². The van der Waals surface area contributed by atoms with Crippen molar-refractivity contribution in [2.75, 3.05) is 12.4 Å². The highest BCUT2D eigenvalue weighted by Gasteiger charge is 2.38. The first kappa shape index (κ1) is 12.2. The Bertz CT molecular complexity index is 602. The van der Waals surface area contributed by atoms with Crippen LogP contribution in [0.15, 0.2) is 42.5 Å². The molecule has 2 aliphatic heterocycles. The van der Waals surface area contributed by atoms with Crippen LogP contribution in [0.5, 0.6) is 0 Å². The molecular weight excluding hydrogens is 244 g/mol. The normalized spacial score (nSPS) is 29.8. The lowest BCUT2D eigenvalue weighted by molar-refractivity contribution is 0.169. The molecule has 2 aliphatic rings. The van der Waals surface area contributed by atoms with Gasteiger partial charge in [0.25, 0.3) is 0 Å². The van der Waals surface area contributed by atoms with Gasteiger partial charge in [-0.25, -0.2) is 0 Å². The van der Waals surface area contributed by atoms with Crippen LogP contribution in [0.3, 0.4) is 0 Å². The van der Waals surface area contributed by atoms with Crippen LogP contribution < -0.4 is 5.32 Å². The van der Waals surface area contributed by atoms with Gasteiger partial charge in [0.2, 0.25) is 0 Å². The second-order valence-electron chi connectivity index (χ2n) is 6.39. The maximum absolute atomic E-state index is 3.82. The summed E-state index contributed by atoms with van der Waals surface area (Å²) in [6, 6.07) is 17.5. The Balaban J connectivity index is 1.59. The molecule has 2 bridgehead atoms. The maximum Gasteiger partial charge on any atom is 0.0422 e. The third-order valence-corrected chi connectivity index (χ3v) is 5.25. The van der Waals surface area contributed by atoms with Gasteiger partial charge in [0, 0.05) is 29.2 Å². The Hall–Kier alpha value is -1.54. The van der Waals surface area contributed by atoms with E-state index in [-0.39, 0.29) is 0 Å². The highest BCUT2D eigenvalue weighted by Crippen LogP contribution is 2.36. The van der Waals surface area contributed by atoms with E-state index in [1.165, 1.54) is 42.1 Å². The van der Waals surface area contributed by atoms with Crippen LogP contribution in [0.2, 0.25) is 0 Å². The van der Waals surface area contributed by atoms with Gasteiger partial charge in [-0.1, -0.05) is 36.4 Å². The van der Waals surface area contributed by atoms with Crippen LogP contribution in [0.1, 0.15) is 25.7 Å². The smallest absolute Gasteiger partial charge is 0.0422 e. The standard InChI is InChI=1S/C18H22N2/c1-20-15-9-10-16(20)12-14(11-15)19-18-8-4-6-13-5-2-3-7-17(13)18/h2-8,14-16,19H,9-12H2,1H3. The van der Waals surface area contributed by atoms with Crippen molar-refractivity contribution in [3.05, 3.63) is 42.5 Å². The van der Waals surface area contributed by atoms with Gasteiger partial charge in [0.1, 0.15) is 0 Å². The van der Waals surface area contributed by atoms with Crippen LogP contribution in [0.25, 0.3) is 10.8 Å². The summed E-state index contributed by atoms with van der Waals surface area (Å²) in [6.07, 6.45) is 5.34. The van der Waals surface area contributed by atoms with Crippen molar-refractivity contribution in [3.63, 3.8) is 0 Å². The van der Waals surface area contributed by atoms with E-state index in [4.69, 9.17) is 0 Å². The Kier molecular flexibility index (Phi) is 2.92. The van der Waals surface area contributed by atoms with Gasteiger partial charge in [0.05, 0.1) is 0 Å². The Labute approximate surface area is 120 Å². The van der Waals surface area contributed by atoms with E-state index in [0.29, 0.717) is 6.04 Å². The molecule has 0 radical (unpaired) electrons. The summed E-state index contributed by atoms with van der Waals surface area (Å²) in [5, 5.41) is 6.49. The van der Waals surface area contributed by atoms with Crippen molar-refractivity contribution in [1.29, 1.82) is 0 Å². The van der Waals surface area contributed by atoms with Crippen molar-refractivity contribution in [1.82, 2.24) is 4.90 Å². The molecule has 0 spiro atoms. The molecule has 0 aliphatic carbocycles. The highest BCUT2D eigenvalue weighted by atomic mass is 15.2. The first-order chi connectivity index (χ1) is 9.81. The molecule has 0 aromatic heterocycles. The van der Waals surface area contributed by atoms with Gasteiger partial charge in [-0.15, -0.1) is 0 Å². The Morgan fingerprint density at radius 2 is 1.65 bits per heavy atom. The highest BCUT2D eigenvalue weighted by molar-refractivity contribution is 5.93. The van der Waals surface area contributed by atoms with Crippen molar-refractivity contribution in [2.24, 2.45) is 0 Å². The fraction of sp³-hybridized carbons (Fsp3) is 0.444. The summed E-state index contributed by atoms with van der Waals surface area (Å²) < 4.78 is 0. The summed E-state index contributed by atoms with van der Waals surface area (Å²) in [6.45, 7) is 0. The van der Waals surface area contributed by atoms with Crippen LogP contribution in [0.4, 0.5) is 5.69 Å². The van der Waals surface area contributed by atoms with Gasteiger partial charge >= 0.3 is 0 Å². The van der Waals surface area contributed by atoms with Gasteiger partial charge in [0.15, 0.2) is 0 Å². The number of rotatable bonds is 2. The molecule has 20 heavy (non-hydrogen) atoms. The van der Waals surface area contributed by atoms with E-state index in [9.17, 15) is 0 Å². The summed E-state index contributed by atoms with van der Waals surface area (Å²) in [5.41, 5.74) is 1.30. The molecule has 4 rings (SSSR count). The SMILES string of the molecule is CN1C2CCC1CC(Nc1cccc3ccccc13)C2. The number of benzene rings is 2. The fourth-order valence-electron chi connectivity index (χ4n) is 4.10. The lowest BCUT2D eigenvalue weighted by atomic mass is 9.97. The minimum absolute atomic E-state index is 0.634. The molecule has 2 nitrogen and oxygen atoms in total. The van der Waals surface area contributed by atoms with Gasteiger partial charge in [-0.2, -0.15) is 0 Å². The Morgan fingerprint density at radius 1 is 0.950 bits per heavy atom. The van der Waals surface area contributed by atoms with Crippen LogP contribution in [-0.2, 0) is 0 Å². The predicted octanol–water partition coefficient (Wildman–Crippen LogP) is 3.88. The number of fused-ring (bicyclic) bond motifs is 3. The average molecular weight is 266 g/mol. The molecule has 2 saturated heterocycles.